The molecule has 1 aromatic carbocycles. The van der Waals surface area contributed by atoms with Gasteiger partial charge in [-0.15, -0.1) is 0 Å². The van der Waals surface area contributed by atoms with Crippen molar-refractivity contribution in [3.05, 3.63) is 53.1 Å². The molecule has 0 radical (unpaired) electrons. The summed E-state index contributed by atoms with van der Waals surface area (Å²) in [5.41, 5.74) is 2.96. The van der Waals surface area contributed by atoms with Crippen LogP contribution in [0.25, 0.3) is 10.9 Å². The van der Waals surface area contributed by atoms with Gasteiger partial charge in [0.25, 0.3) is 0 Å². The van der Waals surface area contributed by atoms with Gasteiger partial charge in [0, 0.05) is 48.1 Å². The first kappa shape index (κ1) is 16.8. The highest BCUT2D eigenvalue weighted by Crippen LogP contribution is 2.25. The topological polar surface area (TPSA) is 60.3 Å². The summed E-state index contributed by atoms with van der Waals surface area (Å²) in [7, 11) is 1.59. The number of hydrogen-bond donors (Lipinski definition) is 0. The Hall–Kier alpha value is -2.60. The maximum Gasteiger partial charge on any atom is 0.224 e. The number of aryl methyl sites for hydroxylation is 1. The fourth-order valence-corrected chi connectivity index (χ4v) is 3.62. The van der Waals surface area contributed by atoms with Crippen LogP contribution in [0.2, 0.25) is 5.02 Å². The maximum atomic E-state index is 12.7. The summed E-state index contributed by atoms with van der Waals surface area (Å²) in [4.78, 5) is 23.0. The Morgan fingerprint density at radius 3 is 3.04 bits per heavy atom. The molecule has 0 saturated carbocycles. The number of halogens is 1. The Bertz CT molecular complexity index is 955. The van der Waals surface area contributed by atoms with Crippen molar-refractivity contribution in [2.24, 2.45) is 0 Å². The van der Waals surface area contributed by atoms with Crippen molar-refractivity contribution in [1.29, 1.82) is 0 Å². The van der Waals surface area contributed by atoms with Gasteiger partial charge in [-0.1, -0.05) is 11.6 Å². The SMILES string of the molecule is COc1ncnc2c1CN(C(=O)CCn1ccc3cc(Cl)ccc31)CC2. The molecule has 4 rings (SSSR count). The van der Waals surface area contributed by atoms with Crippen LogP contribution in [0.1, 0.15) is 17.7 Å². The molecule has 26 heavy (non-hydrogen) atoms. The summed E-state index contributed by atoms with van der Waals surface area (Å²) in [6.45, 7) is 1.81. The van der Waals surface area contributed by atoms with E-state index in [1.54, 1.807) is 7.11 Å². The molecule has 0 saturated heterocycles. The fourth-order valence-electron chi connectivity index (χ4n) is 3.44. The Kier molecular flexibility index (Phi) is 4.51. The number of carbonyl (C=O) groups excluding carboxylic acids is 1. The van der Waals surface area contributed by atoms with E-state index in [0.717, 1.165) is 33.6 Å². The molecule has 0 fully saturated rings. The Labute approximate surface area is 156 Å². The quantitative estimate of drug-likeness (QED) is 0.708. The van der Waals surface area contributed by atoms with Gasteiger partial charge in [0.15, 0.2) is 0 Å². The van der Waals surface area contributed by atoms with E-state index in [0.29, 0.717) is 31.9 Å². The minimum atomic E-state index is 0.123. The second kappa shape index (κ2) is 6.96. The van der Waals surface area contributed by atoms with Gasteiger partial charge >= 0.3 is 0 Å². The molecule has 3 aromatic rings. The number of rotatable bonds is 4. The Balaban J connectivity index is 1.45. The minimum Gasteiger partial charge on any atom is -0.481 e. The lowest BCUT2D eigenvalue weighted by atomic mass is 10.1. The number of aromatic nitrogens is 3. The van der Waals surface area contributed by atoms with Crippen LogP contribution in [0.5, 0.6) is 5.88 Å². The maximum absolute atomic E-state index is 12.7. The van der Waals surface area contributed by atoms with Gasteiger partial charge in [0.2, 0.25) is 11.8 Å². The number of nitrogens with zero attached hydrogens (tertiary/aromatic N) is 4. The predicted molar refractivity (Wildman–Crippen MR) is 99.3 cm³/mol. The second-order valence-corrected chi connectivity index (χ2v) is 6.77. The van der Waals surface area contributed by atoms with Gasteiger partial charge in [-0.25, -0.2) is 9.97 Å². The highest BCUT2D eigenvalue weighted by atomic mass is 35.5. The average Bonchev–Trinajstić information content (AvgIpc) is 3.07. The summed E-state index contributed by atoms with van der Waals surface area (Å²) in [5, 5.41) is 1.80. The van der Waals surface area contributed by atoms with Crippen LogP contribution in [0.4, 0.5) is 0 Å². The van der Waals surface area contributed by atoms with Crippen molar-refractivity contribution in [2.45, 2.75) is 25.9 Å². The smallest absolute Gasteiger partial charge is 0.224 e. The average molecular weight is 371 g/mol. The van der Waals surface area contributed by atoms with Gasteiger partial charge in [-0.2, -0.15) is 0 Å². The summed E-state index contributed by atoms with van der Waals surface area (Å²) in [6, 6.07) is 7.81. The highest BCUT2D eigenvalue weighted by molar-refractivity contribution is 6.31. The molecule has 1 aliphatic heterocycles. The molecule has 0 spiro atoms. The first-order chi connectivity index (χ1) is 12.7. The molecule has 2 aromatic heterocycles. The number of carbonyl (C=O) groups is 1. The van der Waals surface area contributed by atoms with E-state index >= 15 is 0 Å². The van der Waals surface area contributed by atoms with Crippen LogP contribution in [-0.2, 0) is 24.3 Å². The molecule has 6 nitrogen and oxygen atoms in total. The molecular formula is C19H19ClN4O2. The van der Waals surface area contributed by atoms with Crippen molar-refractivity contribution in [2.75, 3.05) is 13.7 Å². The van der Waals surface area contributed by atoms with E-state index in [2.05, 4.69) is 14.5 Å². The minimum absolute atomic E-state index is 0.123. The zero-order valence-corrected chi connectivity index (χ0v) is 15.2. The third kappa shape index (κ3) is 3.12. The van der Waals surface area contributed by atoms with Gasteiger partial charge in [0.1, 0.15) is 6.33 Å². The van der Waals surface area contributed by atoms with Crippen molar-refractivity contribution in [3.63, 3.8) is 0 Å². The summed E-state index contributed by atoms with van der Waals surface area (Å²) in [6.07, 6.45) is 4.68. The van der Waals surface area contributed by atoms with Crippen molar-refractivity contribution in [1.82, 2.24) is 19.4 Å². The van der Waals surface area contributed by atoms with Crippen LogP contribution in [0, 0.1) is 0 Å². The van der Waals surface area contributed by atoms with Crippen LogP contribution in [0.3, 0.4) is 0 Å². The Morgan fingerprint density at radius 1 is 1.31 bits per heavy atom. The Morgan fingerprint density at radius 2 is 2.19 bits per heavy atom. The number of fused-ring (bicyclic) bond motifs is 2. The van der Waals surface area contributed by atoms with Gasteiger partial charge in [-0.3, -0.25) is 4.79 Å². The zero-order chi connectivity index (χ0) is 18.1. The second-order valence-electron chi connectivity index (χ2n) is 6.34. The standard InChI is InChI=1S/C19H19ClN4O2/c1-26-19-15-11-24(8-5-16(15)21-12-22-19)18(25)6-9-23-7-4-13-10-14(20)2-3-17(13)23/h2-4,7,10,12H,5-6,8-9,11H2,1H3. The summed E-state index contributed by atoms with van der Waals surface area (Å²) < 4.78 is 7.40. The van der Waals surface area contributed by atoms with E-state index in [9.17, 15) is 4.79 Å². The number of benzene rings is 1. The summed E-state index contributed by atoms with van der Waals surface area (Å²) >= 11 is 6.03. The number of ether oxygens (including phenoxy) is 1. The van der Waals surface area contributed by atoms with Gasteiger partial charge in [-0.05, 0) is 24.3 Å². The van der Waals surface area contributed by atoms with Crippen LogP contribution in [0.15, 0.2) is 36.8 Å². The molecule has 134 valence electrons. The lowest BCUT2D eigenvalue weighted by Gasteiger charge is -2.28. The molecule has 0 bridgehead atoms. The fraction of sp³-hybridized carbons (Fsp3) is 0.316. The molecular weight excluding hydrogens is 352 g/mol. The molecule has 0 aliphatic carbocycles. The summed E-state index contributed by atoms with van der Waals surface area (Å²) in [5.74, 6) is 0.679. The van der Waals surface area contributed by atoms with E-state index in [1.165, 1.54) is 6.33 Å². The van der Waals surface area contributed by atoms with E-state index in [1.807, 2.05) is 35.4 Å². The lowest BCUT2D eigenvalue weighted by molar-refractivity contribution is -0.132. The van der Waals surface area contributed by atoms with Gasteiger partial charge < -0.3 is 14.2 Å². The molecule has 3 heterocycles. The lowest BCUT2D eigenvalue weighted by Crippen LogP contribution is -2.37. The van der Waals surface area contributed by atoms with Crippen molar-refractivity contribution in [3.8, 4) is 5.88 Å². The van der Waals surface area contributed by atoms with Crippen LogP contribution >= 0.6 is 11.6 Å². The molecule has 0 N–H and O–H groups in total. The number of amides is 1. The molecule has 0 atom stereocenters. The molecule has 1 amide bonds. The third-order valence-corrected chi connectivity index (χ3v) is 5.04. The van der Waals surface area contributed by atoms with Crippen LogP contribution in [-0.4, -0.2) is 39.0 Å². The molecule has 0 unspecified atom stereocenters. The molecule has 1 aliphatic rings. The van der Waals surface area contributed by atoms with E-state index in [4.69, 9.17) is 16.3 Å². The van der Waals surface area contributed by atoms with Crippen LogP contribution < -0.4 is 4.74 Å². The first-order valence-corrected chi connectivity index (χ1v) is 8.92. The third-order valence-electron chi connectivity index (χ3n) is 4.81. The largest absolute Gasteiger partial charge is 0.481 e. The normalized spacial score (nSPS) is 13.7. The first-order valence-electron chi connectivity index (χ1n) is 8.54. The van der Waals surface area contributed by atoms with E-state index in [-0.39, 0.29) is 5.91 Å². The number of methoxy groups -OCH3 is 1. The predicted octanol–water partition coefficient (Wildman–Crippen LogP) is 3.07. The number of hydrogen-bond acceptors (Lipinski definition) is 4. The highest BCUT2D eigenvalue weighted by Gasteiger charge is 2.24. The van der Waals surface area contributed by atoms with Gasteiger partial charge in [0.05, 0.1) is 24.9 Å². The van der Waals surface area contributed by atoms with Crippen molar-refractivity contribution >= 4 is 28.4 Å². The van der Waals surface area contributed by atoms with E-state index < -0.39 is 0 Å². The van der Waals surface area contributed by atoms with Crippen molar-refractivity contribution < 1.29 is 9.53 Å². The zero-order valence-electron chi connectivity index (χ0n) is 14.5. The monoisotopic (exact) mass is 370 g/mol. The molecule has 7 heteroatoms.